The van der Waals surface area contributed by atoms with E-state index in [-0.39, 0.29) is 0 Å². The van der Waals surface area contributed by atoms with E-state index < -0.39 is 0 Å². The SMILES string of the molecule is CCNC(CCN(C)CC)c1ccc(C)cc1. The van der Waals surface area contributed by atoms with E-state index in [2.05, 4.69) is 62.3 Å². The lowest BCUT2D eigenvalue weighted by Crippen LogP contribution is -2.27. The third kappa shape index (κ3) is 4.88. The van der Waals surface area contributed by atoms with Crippen LogP contribution < -0.4 is 5.32 Å². The molecule has 1 unspecified atom stereocenters. The molecule has 1 rings (SSSR count). The average molecular weight is 234 g/mol. The van der Waals surface area contributed by atoms with Crippen LogP contribution in [0.5, 0.6) is 0 Å². The zero-order valence-electron chi connectivity index (χ0n) is 11.7. The molecule has 1 aromatic carbocycles. The van der Waals surface area contributed by atoms with Crippen molar-refractivity contribution < 1.29 is 0 Å². The minimum atomic E-state index is 0.481. The number of rotatable bonds is 7. The normalized spacial score (nSPS) is 13.0. The van der Waals surface area contributed by atoms with Crippen LogP contribution in [-0.2, 0) is 0 Å². The van der Waals surface area contributed by atoms with Crippen molar-refractivity contribution in [2.24, 2.45) is 0 Å². The summed E-state index contributed by atoms with van der Waals surface area (Å²) < 4.78 is 0. The maximum Gasteiger partial charge on any atom is 0.0332 e. The summed E-state index contributed by atoms with van der Waals surface area (Å²) in [7, 11) is 2.18. The van der Waals surface area contributed by atoms with Gasteiger partial charge in [-0.2, -0.15) is 0 Å². The first-order chi connectivity index (χ1) is 8.17. The predicted octanol–water partition coefficient (Wildman–Crippen LogP) is 2.99. The Bertz CT molecular complexity index is 305. The van der Waals surface area contributed by atoms with Crippen molar-refractivity contribution >= 4 is 0 Å². The second-order valence-electron chi connectivity index (χ2n) is 4.71. The predicted molar refractivity (Wildman–Crippen MR) is 75.4 cm³/mol. The summed E-state index contributed by atoms with van der Waals surface area (Å²) in [5, 5.41) is 3.57. The quantitative estimate of drug-likeness (QED) is 0.780. The van der Waals surface area contributed by atoms with E-state index in [1.807, 2.05) is 0 Å². The van der Waals surface area contributed by atoms with E-state index in [1.54, 1.807) is 0 Å². The van der Waals surface area contributed by atoms with Crippen LogP contribution >= 0.6 is 0 Å². The van der Waals surface area contributed by atoms with Crippen molar-refractivity contribution in [3.63, 3.8) is 0 Å². The van der Waals surface area contributed by atoms with Crippen LogP contribution in [0.4, 0.5) is 0 Å². The molecule has 17 heavy (non-hydrogen) atoms. The molecule has 0 aliphatic heterocycles. The highest BCUT2D eigenvalue weighted by Crippen LogP contribution is 2.17. The molecule has 0 saturated heterocycles. The number of aryl methyl sites for hydroxylation is 1. The van der Waals surface area contributed by atoms with Crippen molar-refractivity contribution in [1.82, 2.24) is 10.2 Å². The highest BCUT2D eigenvalue weighted by molar-refractivity contribution is 5.24. The largest absolute Gasteiger partial charge is 0.310 e. The summed E-state index contributed by atoms with van der Waals surface area (Å²) in [4.78, 5) is 2.36. The third-order valence-electron chi connectivity index (χ3n) is 3.27. The van der Waals surface area contributed by atoms with Gasteiger partial charge in [0.25, 0.3) is 0 Å². The standard InChI is InChI=1S/C15H26N2/c1-5-16-15(11-12-17(4)6-2)14-9-7-13(3)8-10-14/h7-10,15-16H,5-6,11-12H2,1-4H3. The minimum absolute atomic E-state index is 0.481. The second kappa shape index (κ2) is 7.46. The zero-order chi connectivity index (χ0) is 12.7. The Kier molecular flexibility index (Phi) is 6.23. The highest BCUT2D eigenvalue weighted by Gasteiger charge is 2.10. The lowest BCUT2D eigenvalue weighted by atomic mass is 10.0. The van der Waals surface area contributed by atoms with Gasteiger partial charge in [0.2, 0.25) is 0 Å². The summed E-state index contributed by atoms with van der Waals surface area (Å²) in [6.45, 7) is 9.79. The van der Waals surface area contributed by atoms with Gasteiger partial charge in [0.05, 0.1) is 0 Å². The summed E-state index contributed by atoms with van der Waals surface area (Å²) in [6, 6.07) is 9.37. The van der Waals surface area contributed by atoms with Crippen LogP contribution in [0.2, 0.25) is 0 Å². The molecule has 0 aliphatic rings. The molecule has 0 bridgehead atoms. The van der Waals surface area contributed by atoms with Crippen LogP contribution in [0.3, 0.4) is 0 Å². The summed E-state index contributed by atoms with van der Waals surface area (Å²) in [5.74, 6) is 0. The van der Waals surface area contributed by atoms with Gasteiger partial charge >= 0.3 is 0 Å². The second-order valence-corrected chi connectivity index (χ2v) is 4.71. The van der Waals surface area contributed by atoms with Crippen molar-refractivity contribution in [1.29, 1.82) is 0 Å². The summed E-state index contributed by atoms with van der Waals surface area (Å²) in [6.07, 6.45) is 1.17. The number of hydrogen-bond acceptors (Lipinski definition) is 2. The van der Waals surface area contributed by atoms with Crippen molar-refractivity contribution in [3.8, 4) is 0 Å². The van der Waals surface area contributed by atoms with Gasteiger partial charge in [-0.3, -0.25) is 0 Å². The minimum Gasteiger partial charge on any atom is -0.310 e. The topological polar surface area (TPSA) is 15.3 Å². The molecule has 0 aromatic heterocycles. The fourth-order valence-electron chi connectivity index (χ4n) is 1.94. The fraction of sp³-hybridized carbons (Fsp3) is 0.600. The molecule has 0 aliphatic carbocycles. The highest BCUT2D eigenvalue weighted by atomic mass is 15.1. The Morgan fingerprint density at radius 2 is 1.82 bits per heavy atom. The molecular formula is C15H26N2. The van der Waals surface area contributed by atoms with Crippen molar-refractivity contribution in [2.75, 3.05) is 26.7 Å². The Morgan fingerprint density at radius 1 is 1.18 bits per heavy atom. The Labute approximate surface area is 106 Å². The van der Waals surface area contributed by atoms with Crippen LogP contribution in [0, 0.1) is 6.92 Å². The Morgan fingerprint density at radius 3 is 2.35 bits per heavy atom. The molecule has 1 aromatic rings. The lowest BCUT2D eigenvalue weighted by molar-refractivity contribution is 0.322. The average Bonchev–Trinajstić information content (AvgIpc) is 2.35. The molecule has 1 N–H and O–H groups in total. The van der Waals surface area contributed by atoms with Gasteiger partial charge < -0.3 is 10.2 Å². The first-order valence-corrected chi connectivity index (χ1v) is 6.65. The van der Waals surface area contributed by atoms with Crippen LogP contribution in [0.1, 0.15) is 37.4 Å². The van der Waals surface area contributed by atoms with E-state index in [9.17, 15) is 0 Å². The first-order valence-electron chi connectivity index (χ1n) is 6.65. The molecule has 0 fully saturated rings. The van der Waals surface area contributed by atoms with Gasteiger partial charge in [0.15, 0.2) is 0 Å². The molecule has 0 amide bonds. The molecule has 96 valence electrons. The molecular weight excluding hydrogens is 208 g/mol. The molecule has 2 heteroatoms. The molecule has 0 heterocycles. The maximum atomic E-state index is 3.57. The Hall–Kier alpha value is -0.860. The van der Waals surface area contributed by atoms with Gasteiger partial charge in [0.1, 0.15) is 0 Å². The molecule has 0 spiro atoms. The van der Waals surface area contributed by atoms with Gasteiger partial charge in [-0.1, -0.05) is 43.7 Å². The van der Waals surface area contributed by atoms with Crippen LogP contribution in [-0.4, -0.2) is 31.6 Å². The van der Waals surface area contributed by atoms with Crippen molar-refractivity contribution in [3.05, 3.63) is 35.4 Å². The summed E-state index contributed by atoms with van der Waals surface area (Å²) in [5.41, 5.74) is 2.73. The monoisotopic (exact) mass is 234 g/mol. The van der Waals surface area contributed by atoms with E-state index in [1.165, 1.54) is 17.5 Å². The molecule has 2 nitrogen and oxygen atoms in total. The summed E-state index contributed by atoms with van der Waals surface area (Å²) >= 11 is 0. The molecule has 0 saturated carbocycles. The first kappa shape index (κ1) is 14.2. The van der Waals surface area contributed by atoms with E-state index >= 15 is 0 Å². The van der Waals surface area contributed by atoms with Crippen LogP contribution in [0.15, 0.2) is 24.3 Å². The lowest BCUT2D eigenvalue weighted by Gasteiger charge is -2.22. The van der Waals surface area contributed by atoms with Gasteiger partial charge in [0, 0.05) is 6.04 Å². The fourth-order valence-corrected chi connectivity index (χ4v) is 1.94. The van der Waals surface area contributed by atoms with E-state index in [0.717, 1.165) is 19.6 Å². The van der Waals surface area contributed by atoms with Crippen LogP contribution in [0.25, 0.3) is 0 Å². The Balaban J connectivity index is 2.61. The van der Waals surface area contributed by atoms with Gasteiger partial charge in [-0.05, 0) is 45.6 Å². The molecule has 0 radical (unpaired) electrons. The number of nitrogens with one attached hydrogen (secondary N) is 1. The van der Waals surface area contributed by atoms with E-state index in [4.69, 9.17) is 0 Å². The number of benzene rings is 1. The smallest absolute Gasteiger partial charge is 0.0332 e. The third-order valence-corrected chi connectivity index (χ3v) is 3.27. The maximum absolute atomic E-state index is 3.57. The van der Waals surface area contributed by atoms with Crippen molar-refractivity contribution in [2.45, 2.75) is 33.2 Å². The van der Waals surface area contributed by atoms with Gasteiger partial charge in [-0.15, -0.1) is 0 Å². The number of nitrogens with zero attached hydrogens (tertiary/aromatic N) is 1. The van der Waals surface area contributed by atoms with E-state index in [0.29, 0.717) is 6.04 Å². The zero-order valence-corrected chi connectivity index (χ0v) is 11.7. The number of hydrogen-bond donors (Lipinski definition) is 1. The molecule has 1 atom stereocenters. The van der Waals surface area contributed by atoms with Gasteiger partial charge in [-0.25, -0.2) is 0 Å².